The first-order valence-corrected chi connectivity index (χ1v) is 11.5. The molecular formula is C25H17Cl3N4O2. The van der Waals surface area contributed by atoms with Gasteiger partial charge >= 0.3 is 5.69 Å². The van der Waals surface area contributed by atoms with Crippen LogP contribution >= 0.6 is 34.8 Å². The molecular weight excluding hydrogens is 495 g/mol. The zero-order valence-corrected chi connectivity index (χ0v) is 19.9. The smallest absolute Gasteiger partial charge is 0.367 e. The number of aromatic nitrogens is 4. The predicted molar refractivity (Wildman–Crippen MR) is 135 cm³/mol. The predicted octanol–water partition coefficient (Wildman–Crippen LogP) is 6.26. The lowest BCUT2D eigenvalue weighted by Crippen LogP contribution is -2.25. The largest absolute Gasteiger partial charge is 0.490 e. The first-order valence-electron chi connectivity index (χ1n) is 10.4. The van der Waals surface area contributed by atoms with Crippen LogP contribution in [0.25, 0.3) is 27.9 Å². The molecule has 5 aromatic rings. The van der Waals surface area contributed by atoms with Crippen LogP contribution in [-0.2, 0) is 6.54 Å². The summed E-state index contributed by atoms with van der Waals surface area (Å²) in [6, 6.07) is 22.0. The standard InChI is InChI=1S/C25H17Cl3N4O2/c26-18-9-5-16(6-10-18)20-15-29-32-24(23(20)17-7-11-19(27)12-8-17)30-31(25(32)33)13-14-34-22-4-2-1-3-21(22)28/h1-12,15H,13-14H2. The number of fused-ring (bicyclic) bond motifs is 1. The molecule has 0 bridgehead atoms. The van der Waals surface area contributed by atoms with Crippen LogP contribution in [0.3, 0.4) is 0 Å². The van der Waals surface area contributed by atoms with E-state index in [1.165, 1.54) is 9.20 Å². The van der Waals surface area contributed by atoms with E-state index in [4.69, 9.17) is 39.5 Å². The monoisotopic (exact) mass is 510 g/mol. The molecule has 2 heterocycles. The summed E-state index contributed by atoms with van der Waals surface area (Å²) in [5.41, 5.74) is 3.39. The molecule has 0 amide bonds. The van der Waals surface area contributed by atoms with Crippen molar-refractivity contribution in [2.75, 3.05) is 6.61 Å². The summed E-state index contributed by atoms with van der Waals surface area (Å²) in [6.07, 6.45) is 1.66. The zero-order chi connectivity index (χ0) is 23.7. The Kier molecular flexibility index (Phi) is 6.28. The minimum absolute atomic E-state index is 0.216. The number of hydrogen-bond donors (Lipinski definition) is 0. The van der Waals surface area contributed by atoms with Gasteiger partial charge in [-0.15, -0.1) is 5.10 Å². The molecule has 0 aliphatic carbocycles. The van der Waals surface area contributed by atoms with Gasteiger partial charge in [-0.3, -0.25) is 0 Å². The van der Waals surface area contributed by atoms with Crippen molar-refractivity contribution < 1.29 is 4.74 Å². The molecule has 0 aliphatic heterocycles. The van der Waals surface area contributed by atoms with Gasteiger partial charge in [0.05, 0.1) is 17.8 Å². The third kappa shape index (κ3) is 4.40. The van der Waals surface area contributed by atoms with Crippen LogP contribution in [0.15, 0.2) is 83.8 Å². The normalized spacial score (nSPS) is 11.1. The highest BCUT2D eigenvalue weighted by molar-refractivity contribution is 6.32. The molecule has 0 fully saturated rings. The highest BCUT2D eigenvalue weighted by Gasteiger charge is 2.19. The second kappa shape index (κ2) is 9.50. The Bertz CT molecular complexity index is 1530. The van der Waals surface area contributed by atoms with Crippen LogP contribution in [0, 0.1) is 0 Å². The van der Waals surface area contributed by atoms with Crippen molar-refractivity contribution in [1.29, 1.82) is 0 Å². The molecule has 0 radical (unpaired) electrons. The molecule has 0 N–H and O–H groups in total. The molecule has 170 valence electrons. The summed E-state index contributed by atoms with van der Waals surface area (Å²) in [5, 5.41) is 10.7. The lowest BCUT2D eigenvalue weighted by atomic mass is 9.97. The Morgan fingerprint density at radius 1 is 0.824 bits per heavy atom. The summed E-state index contributed by atoms with van der Waals surface area (Å²) >= 11 is 18.3. The van der Waals surface area contributed by atoms with Gasteiger partial charge in [-0.1, -0.05) is 71.2 Å². The molecule has 0 atom stereocenters. The summed E-state index contributed by atoms with van der Waals surface area (Å²) in [5.74, 6) is 0.547. The fourth-order valence-electron chi connectivity index (χ4n) is 3.66. The van der Waals surface area contributed by atoms with Gasteiger partial charge in [-0.2, -0.15) is 9.61 Å². The second-order valence-corrected chi connectivity index (χ2v) is 8.75. The zero-order valence-electron chi connectivity index (χ0n) is 17.7. The Morgan fingerprint density at radius 2 is 1.47 bits per heavy atom. The Balaban J connectivity index is 1.58. The fraction of sp³-hybridized carbons (Fsp3) is 0.0800. The number of para-hydroxylation sites is 1. The number of rotatable bonds is 6. The van der Waals surface area contributed by atoms with E-state index in [-0.39, 0.29) is 18.8 Å². The molecule has 2 aromatic heterocycles. The van der Waals surface area contributed by atoms with E-state index < -0.39 is 0 Å². The van der Waals surface area contributed by atoms with Crippen molar-refractivity contribution in [1.82, 2.24) is 19.4 Å². The van der Waals surface area contributed by atoms with E-state index in [9.17, 15) is 4.79 Å². The fourth-order valence-corrected chi connectivity index (χ4v) is 4.10. The summed E-state index contributed by atoms with van der Waals surface area (Å²) in [4.78, 5) is 13.0. The van der Waals surface area contributed by atoms with Gasteiger partial charge in [-0.05, 0) is 47.5 Å². The maximum Gasteiger partial charge on any atom is 0.367 e. The van der Waals surface area contributed by atoms with Gasteiger partial charge in [-0.25, -0.2) is 9.48 Å². The number of ether oxygens (including phenoxy) is 1. The first kappa shape index (κ1) is 22.5. The molecule has 0 spiro atoms. The molecule has 9 heteroatoms. The van der Waals surface area contributed by atoms with Gasteiger partial charge in [0.2, 0.25) is 0 Å². The van der Waals surface area contributed by atoms with Crippen molar-refractivity contribution in [3.8, 4) is 28.0 Å². The van der Waals surface area contributed by atoms with Crippen LogP contribution in [-0.4, -0.2) is 26.0 Å². The molecule has 6 nitrogen and oxygen atoms in total. The Morgan fingerprint density at radius 3 is 2.15 bits per heavy atom. The highest BCUT2D eigenvalue weighted by atomic mass is 35.5. The van der Waals surface area contributed by atoms with Gasteiger partial charge in [0.1, 0.15) is 12.4 Å². The van der Waals surface area contributed by atoms with E-state index in [2.05, 4.69) is 10.2 Å². The van der Waals surface area contributed by atoms with Crippen LogP contribution in [0.5, 0.6) is 5.75 Å². The van der Waals surface area contributed by atoms with Crippen LogP contribution in [0.2, 0.25) is 15.1 Å². The first-order chi connectivity index (χ1) is 16.5. The molecule has 3 aromatic carbocycles. The minimum atomic E-state index is -0.365. The molecule has 5 rings (SSSR count). The lowest BCUT2D eigenvalue weighted by molar-refractivity contribution is 0.289. The van der Waals surface area contributed by atoms with E-state index >= 15 is 0 Å². The summed E-state index contributed by atoms with van der Waals surface area (Å²) < 4.78 is 8.36. The Hall–Kier alpha value is -3.32. The lowest BCUT2D eigenvalue weighted by Gasteiger charge is -2.11. The summed E-state index contributed by atoms with van der Waals surface area (Å²) in [6.45, 7) is 0.442. The van der Waals surface area contributed by atoms with Crippen molar-refractivity contribution in [2.45, 2.75) is 6.54 Å². The van der Waals surface area contributed by atoms with E-state index in [0.717, 1.165) is 22.3 Å². The minimum Gasteiger partial charge on any atom is -0.490 e. The average molecular weight is 512 g/mol. The van der Waals surface area contributed by atoms with Gasteiger partial charge in [0.15, 0.2) is 5.65 Å². The van der Waals surface area contributed by atoms with E-state index in [1.54, 1.807) is 30.5 Å². The average Bonchev–Trinajstić information content (AvgIpc) is 3.16. The summed E-state index contributed by atoms with van der Waals surface area (Å²) in [7, 11) is 0. The Labute approximate surface area is 209 Å². The number of hydrogen-bond acceptors (Lipinski definition) is 4. The van der Waals surface area contributed by atoms with E-state index in [1.807, 2.05) is 48.5 Å². The maximum atomic E-state index is 13.0. The number of nitrogens with zero attached hydrogens (tertiary/aromatic N) is 4. The molecule has 0 aliphatic rings. The molecule has 34 heavy (non-hydrogen) atoms. The topological polar surface area (TPSA) is 61.4 Å². The van der Waals surface area contributed by atoms with Gasteiger partial charge in [0, 0.05) is 21.2 Å². The van der Waals surface area contributed by atoms with Crippen molar-refractivity contribution in [3.63, 3.8) is 0 Å². The van der Waals surface area contributed by atoms with E-state index in [0.29, 0.717) is 26.5 Å². The van der Waals surface area contributed by atoms with Crippen molar-refractivity contribution in [2.24, 2.45) is 0 Å². The van der Waals surface area contributed by atoms with Crippen LogP contribution in [0.1, 0.15) is 0 Å². The molecule has 0 saturated carbocycles. The van der Waals surface area contributed by atoms with Crippen LogP contribution in [0.4, 0.5) is 0 Å². The number of benzene rings is 3. The number of halogens is 3. The highest BCUT2D eigenvalue weighted by Crippen LogP contribution is 2.35. The molecule has 0 saturated heterocycles. The van der Waals surface area contributed by atoms with Gasteiger partial charge < -0.3 is 4.74 Å². The third-order valence-electron chi connectivity index (χ3n) is 5.30. The maximum absolute atomic E-state index is 13.0. The van der Waals surface area contributed by atoms with Gasteiger partial charge in [0.25, 0.3) is 0 Å². The van der Waals surface area contributed by atoms with Crippen LogP contribution < -0.4 is 10.4 Å². The SMILES string of the molecule is O=c1n(CCOc2ccccc2Cl)nc2c(-c3ccc(Cl)cc3)c(-c3ccc(Cl)cc3)cnn12. The third-order valence-corrected chi connectivity index (χ3v) is 6.11. The van der Waals surface area contributed by atoms with Crippen molar-refractivity contribution in [3.05, 3.63) is 105 Å². The molecule has 0 unspecified atom stereocenters. The van der Waals surface area contributed by atoms with Crippen molar-refractivity contribution >= 4 is 40.4 Å². The second-order valence-electron chi connectivity index (χ2n) is 7.47. The quantitative estimate of drug-likeness (QED) is 0.270.